The Morgan fingerprint density at radius 2 is 1.56 bits per heavy atom. The second-order valence-corrected chi connectivity index (χ2v) is 9.34. The first-order chi connectivity index (χ1) is 16.2. The van der Waals surface area contributed by atoms with E-state index in [2.05, 4.69) is 6.92 Å². The molecule has 2 rings (SSSR count). The molecule has 0 radical (unpaired) electrons. The van der Waals surface area contributed by atoms with Gasteiger partial charge in [-0.2, -0.15) is 0 Å². The Morgan fingerprint density at radius 3 is 2.18 bits per heavy atom. The van der Waals surface area contributed by atoms with Crippen molar-refractivity contribution in [1.82, 2.24) is 0 Å². The quantitative estimate of drug-likeness (QED) is 0.132. The molecule has 0 N–H and O–H groups in total. The van der Waals surface area contributed by atoms with Crippen LogP contribution >= 0.6 is 0 Å². The molecule has 0 aromatic heterocycles. The van der Waals surface area contributed by atoms with Crippen molar-refractivity contribution in [2.24, 2.45) is 0 Å². The van der Waals surface area contributed by atoms with Crippen LogP contribution in [0.25, 0.3) is 6.08 Å². The minimum atomic E-state index is -0.377. The summed E-state index contributed by atoms with van der Waals surface area (Å²) in [7, 11) is 0. The summed E-state index contributed by atoms with van der Waals surface area (Å²) < 4.78 is 11.4. The fraction of sp³-hybridized carbons (Fsp3) is 0.467. The number of unbranched alkanes of at least 4 members (excludes halogenated alkanes) is 4. The van der Waals surface area contributed by atoms with E-state index in [-0.39, 0.29) is 24.0 Å². The number of aryl methyl sites for hydroxylation is 1. The Kier molecular flexibility index (Phi) is 11.1. The smallest absolute Gasteiger partial charge is 0.338 e. The zero-order valence-electron chi connectivity index (χ0n) is 21.6. The molecule has 2 aromatic rings. The van der Waals surface area contributed by atoms with Crippen LogP contribution in [0.5, 0.6) is 5.75 Å². The van der Waals surface area contributed by atoms with Gasteiger partial charge in [0.1, 0.15) is 5.75 Å². The van der Waals surface area contributed by atoms with Crippen molar-refractivity contribution in [3.05, 3.63) is 70.3 Å². The van der Waals surface area contributed by atoms with Crippen molar-refractivity contribution in [2.75, 3.05) is 0 Å². The fourth-order valence-corrected chi connectivity index (χ4v) is 3.76. The van der Waals surface area contributed by atoms with Crippen LogP contribution in [0.3, 0.4) is 0 Å². The van der Waals surface area contributed by atoms with Gasteiger partial charge in [-0.25, -0.2) is 4.79 Å². The van der Waals surface area contributed by atoms with E-state index in [1.54, 1.807) is 24.3 Å². The molecule has 4 nitrogen and oxygen atoms in total. The van der Waals surface area contributed by atoms with Crippen molar-refractivity contribution in [2.45, 2.75) is 92.3 Å². The molecule has 0 aliphatic rings. The molecular weight excluding hydrogens is 424 g/mol. The Hall–Kier alpha value is -2.88. The summed E-state index contributed by atoms with van der Waals surface area (Å²) in [6, 6.07) is 11.4. The van der Waals surface area contributed by atoms with Crippen LogP contribution in [-0.2, 0) is 11.2 Å². The van der Waals surface area contributed by atoms with Crippen molar-refractivity contribution in [3.63, 3.8) is 0 Å². The molecule has 0 amide bonds. The molecule has 0 saturated carbocycles. The largest absolute Gasteiger partial charge is 0.490 e. The predicted octanol–water partition coefficient (Wildman–Crippen LogP) is 7.76. The van der Waals surface area contributed by atoms with Gasteiger partial charge < -0.3 is 9.47 Å². The van der Waals surface area contributed by atoms with Crippen LogP contribution in [0.2, 0.25) is 0 Å². The first-order valence-electron chi connectivity index (χ1n) is 12.6. The molecule has 0 saturated heterocycles. The summed E-state index contributed by atoms with van der Waals surface area (Å²) in [6.45, 7) is 11.6. The number of esters is 1. The summed E-state index contributed by atoms with van der Waals surface area (Å²) in [6.07, 6.45) is 10.4. The van der Waals surface area contributed by atoms with E-state index >= 15 is 0 Å². The molecule has 0 unspecified atom stereocenters. The van der Waals surface area contributed by atoms with Gasteiger partial charge in [0.2, 0.25) is 0 Å². The number of carbonyl (C=O) groups is 2. The van der Waals surface area contributed by atoms with Crippen molar-refractivity contribution < 1.29 is 19.1 Å². The van der Waals surface area contributed by atoms with Gasteiger partial charge in [-0.15, -0.1) is 0 Å². The highest BCUT2D eigenvalue weighted by Crippen LogP contribution is 2.30. The highest BCUT2D eigenvalue weighted by Gasteiger charge is 2.18. The third-order valence-corrected chi connectivity index (χ3v) is 5.57. The summed E-state index contributed by atoms with van der Waals surface area (Å²) in [5, 5.41) is 0. The topological polar surface area (TPSA) is 52.6 Å². The van der Waals surface area contributed by atoms with Crippen molar-refractivity contribution >= 4 is 17.8 Å². The van der Waals surface area contributed by atoms with Crippen LogP contribution in [0.15, 0.2) is 42.5 Å². The Bertz CT molecular complexity index is 968. The highest BCUT2D eigenvalue weighted by molar-refractivity contribution is 6.07. The van der Waals surface area contributed by atoms with E-state index < -0.39 is 0 Å². The van der Waals surface area contributed by atoms with E-state index in [0.29, 0.717) is 22.4 Å². The number of hydrogen-bond donors (Lipinski definition) is 0. The molecule has 0 bridgehead atoms. The van der Waals surface area contributed by atoms with Gasteiger partial charge in [0.25, 0.3) is 0 Å². The van der Waals surface area contributed by atoms with Crippen molar-refractivity contribution in [1.29, 1.82) is 0 Å². The minimum Gasteiger partial charge on any atom is -0.490 e. The van der Waals surface area contributed by atoms with E-state index in [9.17, 15) is 9.59 Å². The molecule has 0 heterocycles. The van der Waals surface area contributed by atoms with E-state index in [1.807, 2.05) is 58.9 Å². The van der Waals surface area contributed by atoms with Crippen LogP contribution in [0.4, 0.5) is 0 Å². The third kappa shape index (κ3) is 8.48. The average molecular weight is 465 g/mol. The summed E-state index contributed by atoms with van der Waals surface area (Å²) >= 11 is 0. The number of ether oxygens (including phenoxy) is 2. The Balaban J connectivity index is 2.14. The van der Waals surface area contributed by atoms with E-state index in [4.69, 9.17) is 9.47 Å². The second-order valence-electron chi connectivity index (χ2n) is 9.34. The number of carbonyl (C=O) groups excluding carboxylic acids is 2. The van der Waals surface area contributed by atoms with Crippen LogP contribution in [0, 0.1) is 6.92 Å². The molecule has 0 fully saturated rings. The lowest BCUT2D eigenvalue weighted by Crippen LogP contribution is -2.15. The maximum Gasteiger partial charge on any atom is 0.338 e. The van der Waals surface area contributed by atoms with Gasteiger partial charge in [-0.05, 0) is 71.2 Å². The maximum atomic E-state index is 12.8. The van der Waals surface area contributed by atoms with Gasteiger partial charge in [0, 0.05) is 16.7 Å². The third-order valence-electron chi connectivity index (χ3n) is 5.57. The first kappa shape index (κ1) is 27.4. The Morgan fingerprint density at radius 1 is 0.882 bits per heavy atom. The lowest BCUT2D eigenvalue weighted by molar-refractivity contribution is 0.0376. The molecule has 184 valence electrons. The SMILES string of the molecule is CCCCCCCc1ccc(C(=O)/C=C/c2ccc(C(=O)OC(C)C)c(C)c2OC(C)C)cc1. The Labute approximate surface area is 205 Å². The molecule has 0 aliphatic heterocycles. The number of rotatable bonds is 13. The van der Waals surface area contributed by atoms with E-state index in [0.717, 1.165) is 12.0 Å². The standard InChI is InChI=1S/C30H40O4/c1-7-8-9-10-11-12-24-13-15-25(16-14-24)28(31)20-18-26-17-19-27(30(32)34-22(4)5)23(6)29(26)33-21(2)3/h13-22H,7-12H2,1-6H3/b20-18+. The monoisotopic (exact) mass is 464 g/mol. The van der Waals surface area contributed by atoms with E-state index in [1.165, 1.54) is 37.7 Å². The van der Waals surface area contributed by atoms with Crippen LogP contribution in [0.1, 0.15) is 104 Å². The minimum absolute atomic E-state index is 0.0639. The van der Waals surface area contributed by atoms with Gasteiger partial charge in [-0.1, -0.05) is 62.9 Å². The number of benzene rings is 2. The predicted molar refractivity (Wildman–Crippen MR) is 140 cm³/mol. The molecule has 34 heavy (non-hydrogen) atoms. The van der Waals surface area contributed by atoms with Gasteiger partial charge >= 0.3 is 5.97 Å². The lowest BCUT2D eigenvalue weighted by Gasteiger charge is -2.18. The number of ketones is 1. The fourth-order valence-electron chi connectivity index (χ4n) is 3.76. The summed E-state index contributed by atoms with van der Waals surface area (Å²) in [4.78, 5) is 25.2. The molecule has 0 atom stereocenters. The molecule has 4 heteroatoms. The molecular formula is C30H40O4. The molecule has 0 aliphatic carbocycles. The summed E-state index contributed by atoms with van der Waals surface area (Å²) in [5.41, 5.74) is 3.86. The summed E-state index contributed by atoms with van der Waals surface area (Å²) in [5.74, 6) is 0.153. The molecule has 0 spiro atoms. The zero-order chi connectivity index (χ0) is 25.1. The normalized spacial score (nSPS) is 11.4. The molecule has 2 aromatic carbocycles. The van der Waals surface area contributed by atoms with Crippen molar-refractivity contribution in [3.8, 4) is 5.75 Å². The van der Waals surface area contributed by atoms with Crippen LogP contribution < -0.4 is 4.74 Å². The average Bonchev–Trinajstić information content (AvgIpc) is 2.78. The van der Waals surface area contributed by atoms with Gasteiger partial charge in [0.05, 0.1) is 17.8 Å². The first-order valence-corrected chi connectivity index (χ1v) is 12.6. The van der Waals surface area contributed by atoms with Gasteiger partial charge in [0.15, 0.2) is 5.78 Å². The second kappa shape index (κ2) is 13.7. The number of allylic oxidation sites excluding steroid dienone is 1. The maximum absolute atomic E-state index is 12.8. The lowest BCUT2D eigenvalue weighted by atomic mass is 10.0. The van der Waals surface area contributed by atoms with Gasteiger partial charge in [-0.3, -0.25) is 4.79 Å². The highest BCUT2D eigenvalue weighted by atomic mass is 16.5. The zero-order valence-corrected chi connectivity index (χ0v) is 21.6. The van der Waals surface area contributed by atoms with Crippen LogP contribution in [-0.4, -0.2) is 24.0 Å². The number of hydrogen-bond acceptors (Lipinski definition) is 4.